The lowest BCUT2D eigenvalue weighted by Crippen LogP contribution is -2.52. The average molecular weight is 305 g/mol. The Labute approximate surface area is 130 Å². The van der Waals surface area contributed by atoms with Crippen LogP contribution in [-0.2, 0) is 9.53 Å². The van der Waals surface area contributed by atoms with Gasteiger partial charge in [-0.1, -0.05) is 6.92 Å². The van der Waals surface area contributed by atoms with E-state index in [1.165, 1.54) is 0 Å². The molecule has 22 heavy (non-hydrogen) atoms. The van der Waals surface area contributed by atoms with Crippen LogP contribution in [-0.4, -0.2) is 73.3 Å². The highest BCUT2D eigenvalue weighted by Gasteiger charge is 2.33. The highest BCUT2D eigenvalue weighted by molar-refractivity contribution is 5.78. The fourth-order valence-corrected chi connectivity index (χ4v) is 2.68. The van der Waals surface area contributed by atoms with Crippen molar-refractivity contribution in [1.82, 2.24) is 20.2 Å². The number of hydrogen-bond donors (Lipinski definition) is 1. The van der Waals surface area contributed by atoms with Crippen molar-refractivity contribution in [2.75, 3.05) is 57.4 Å². The highest BCUT2D eigenvalue weighted by Crippen LogP contribution is 2.24. The van der Waals surface area contributed by atoms with Crippen LogP contribution in [0.15, 0.2) is 18.5 Å². The molecule has 2 saturated heterocycles. The molecule has 0 radical (unpaired) electrons. The van der Waals surface area contributed by atoms with Gasteiger partial charge < -0.3 is 15.0 Å². The number of ether oxygens (including phenoxy) is 1. The van der Waals surface area contributed by atoms with Crippen molar-refractivity contribution in [3.05, 3.63) is 18.5 Å². The van der Waals surface area contributed by atoms with Gasteiger partial charge in [0.2, 0.25) is 11.9 Å². The number of rotatable bonds is 5. The molecule has 0 saturated carbocycles. The summed E-state index contributed by atoms with van der Waals surface area (Å²) in [6, 6.07) is 1.82. The summed E-state index contributed by atoms with van der Waals surface area (Å²) in [4.78, 5) is 24.9. The molecule has 7 nitrogen and oxygen atoms in total. The van der Waals surface area contributed by atoms with Crippen LogP contribution in [0.3, 0.4) is 0 Å². The van der Waals surface area contributed by atoms with Gasteiger partial charge in [0.1, 0.15) is 0 Å². The van der Waals surface area contributed by atoms with Crippen molar-refractivity contribution in [2.24, 2.45) is 5.41 Å². The van der Waals surface area contributed by atoms with Crippen molar-refractivity contribution in [3.63, 3.8) is 0 Å². The maximum absolute atomic E-state index is 12.0. The van der Waals surface area contributed by atoms with Gasteiger partial charge in [0.15, 0.2) is 0 Å². The maximum Gasteiger partial charge on any atom is 0.234 e. The third-order valence-corrected chi connectivity index (χ3v) is 4.19. The summed E-state index contributed by atoms with van der Waals surface area (Å²) in [5.74, 6) is 0.863. The summed E-state index contributed by atoms with van der Waals surface area (Å²) in [5.41, 5.74) is 0.124. The van der Waals surface area contributed by atoms with Gasteiger partial charge in [0, 0.05) is 50.5 Å². The lowest BCUT2D eigenvalue weighted by molar-refractivity contribution is -0.127. The van der Waals surface area contributed by atoms with Crippen molar-refractivity contribution >= 4 is 11.9 Å². The lowest BCUT2D eigenvalue weighted by atomic mass is 9.89. The average Bonchev–Trinajstić information content (AvgIpc) is 2.53. The predicted octanol–water partition coefficient (Wildman–Crippen LogP) is -0.249. The van der Waals surface area contributed by atoms with E-state index >= 15 is 0 Å². The fourth-order valence-electron chi connectivity index (χ4n) is 2.68. The Bertz CT molecular complexity index is 498. The van der Waals surface area contributed by atoms with E-state index in [-0.39, 0.29) is 11.3 Å². The number of carbonyl (C=O) groups is 1. The van der Waals surface area contributed by atoms with Gasteiger partial charge >= 0.3 is 0 Å². The Morgan fingerprint density at radius 3 is 2.55 bits per heavy atom. The van der Waals surface area contributed by atoms with Gasteiger partial charge in [0.05, 0.1) is 19.8 Å². The zero-order chi connectivity index (χ0) is 15.4. The van der Waals surface area contributed by atoms with Crippen molar-refractivity contribution in [1.29, 1.82) is 0 Å². The minimum absolute atomic E-state index is 0.0949. The Morgan fingerprint density at radius 1 is 1.27 bits per heavy atom. The van der Waals surface area contributed by atoms with Crippen LogP contribution in [0.25, 0.3) is 0 Å². The topological polar surface area (TPSA) is 70.6 Å². The van der Waals surface area contributed by atoms with Crippen molar-refractivity contribution < 1.29 is 9.53 Å². The monoisotopic (exact) mass is 305 g/mol. The number of piperazine rings is 1. The molecule has 120 valence electrons. The number of anilines is 1. The second-order valence-corrected chi connectivity index (χ2v) is 6.39. The number of carbonyl (C=O) groups excluding carboxylic acids is 1. The number of nitrogens with one attached hydrogen (secondary N) is 1. The number of hydrogen-bond acceptors (Lipinski definition) is 6. The molecule has 1 N–H and O–H groups in total. The van der Waals surface area contributed by atoms with Crippen molar-refractivity contribution in [2.45, 2.75) is 6.92 Å². The van der Waals surface area contributed by atoms with Gasteiger partial charge in [-0.15, -0.1) is 0 Å². The molecule has 2 aliphatic heterocycles. The van der Waals surface area contributed by atoms with E-state index in [2.05, 4.69) is 32.0 Å². The van der Waals surface area contributed by atoms with Crippen LogP contribution < -0.4 is 10.2 Å². The minimum atomic E-state index is 0.0949. The van der Waals surface area contributed by atoms with Crippen LogP contribution >= 0.6 is 0 Å². The second-order valence-electron chi connectivity index (χ2n) is 6.39. The molecule has 0 bridgehead atoms. The second kappa shape index (κ2) is 6.58. The van der Waals surface area contributed by atoms with E-state index < -0.39 is 0 Å². The highest BCUT2D eigenvalue weighted by atomic mass is 16.5. The first kappa shape index (κ1) is 15.2. The molecule has 3 rings (SSSR count). The summed E-state index contributed by atoms with van der Waals surface area (Å²) in [6.07, 6.45) is 3.51. The van der Waals surface area contributed by atoms with E-state index in [1.54, 1.807) is 12.4 Å². The smallest absolute Gasteiger partial charge is 0.234 e. The number of amides is 1. The summed E-state index contributed by atoms with van der Waals surface area (Å²) >= 11 is 0. The van der Waals surface area contributed by atoms with E-state index in [9.17, 15) is 4.79 Å². The molecule has 0 atom stereocenters. The Morgan fingerprint density at radius 2 is 1.95 bits per heavy atom. The molecule has 1 aromatic heterocycles. The third-order valence-electron chi connectivity index (χ3n) is 4.19. The van der Waals surface area contributed by atoms with Crippen LogP contribution in [0.5, 0.6) is 0 Å². The molecule has 1 aromatic rings. The molecular formula is C15H23N5O2. The molecule has 1 amide bonds. The maximum atomic E-state index is 12.0. The van der Waals surface area contributed by atoms with E-state index in [1.807, 2.05) is 6.07 Å². The molecule has 2 fully saturated rings. The quantitative estimate of drug-likeness (QED) is 0.809. The van der Waals surface area contributed by atoms with E-state index in [0.717, 1.165) is 45.3 Å². The Balaban J connectivity index is 1.39. The van der Waals surface area contributed by atoms with Crippen LogP contribution in [0.1, 0.15) is 6.92 Å². The van der Waals surface area contributed by atoms with Gasteiger partial charge in [-0.05, 0) is 6.07 Å². The first-order chi connectivity index (χ1) is 10.6. The van der Waals surface area contributed by atoms with Crippen LogP contribution in [0.4, 0.5) is 5.95 Å². The molecule has 7 heteroatoms. The van der Waals surface area contributed by atoms with Crippen LogP contribution in [0.2, 0.25) is 0 Å². The summed E-state index contributed by atoms with van der Waals surface area (Å²) in [5, 5.41) is 3.02. The Kier molecular flexibility index (Phi) is 4.54. The van der Waals surface area contributed by atoms with E-state index in [0.29, 0.717) is 13.1 Å². The van der Waals surface area contributed by atoms with Gasteiger partial charge in [-0.2, -0.15) is 0 Å². The normalized spacial score (nSPS) is 21.2. The summed E-state index contributed by atoms with van der Waals surface area (Å²) < 4.78 is 5.19. The van der Waals surface area contributed by atoms with Gasteiger partial charge in [-0.3, -0.25) is 9.69 Å². The molecule has 0 aromatic carbocycles. The molecule has 0 aliphatic carbocycles. The van der Waals surface area contributed by atoms with E-state index in [4.69, 9.17) is 4.74 Å². The zero-order valence-electron chi connectivity index (χ0n) is 13.0. The van der Waals surface area contributed by atoms with Gasteiger partial charge in [-0.25, -0.2) is 9.97 Å². The lowest BCUT2D eigenvalue weighted by Gasteiger charge is -2.38. The van der Waals surface area contributed by atoms with Crippen molar-refractivity contribution in [3.8, 4) is 0 Å². The van der Waals surface area contributed by atoms with Gasteiger partial charge in [0.25, 0.3) is 0 Å². The van der Waals surface area contributed by atoms with Crippen LogP contribution in [0, 0.1) is 5.41 Å². The SMILES string of the molecule is CC1(CNC(=O)CN2CCN(c3ncccn3)CC2)COC1. The standard InChI is InChI=1S/C15H23N5O2/c1-15(11-22-12-15)10-18-13(21)9-19-5-7-20(8-6-19)14-16-3-2-4-17-14/h2-4H,5-12H2,1H3,(H,18,21). The third kappa shape index (κ3) is 3.72. The summed E-state index contributed by atoms with van der Waals surface area (Å²) in [6.45, 7) is 8.18. The molecular weight excluding hydrogens is 282 g/mol. The molecule has 3 heterocycles. The number of nitrogens with zero attached hydrogens (tertiary/aromatic N) is 4. The molecule has 0 spiro atoms. The molecule has 0 unspecified atom stereocenters. The first-order valence-electron chi connectivity index (χ1n) is 7.73. The number of aromatic nitrogens is 2. The predicted molar refractivity (Wildman–Crippen MR) is 82.6 cm³/mol. The first-order valence-corrected chi connectivity index (χ1v) is 7.73. The summed E-state index contributed by atoms with van der Waals surface area (Å²) in [7, 11) is 0. The Hall–Kier alpha value is -1.73. The zero-order valence-corrected chi connectivity index (χ0v) is 13.0. The fraction of sp³-hybridized carbons (Fsp3) is 0.667. The minimum Gasteiger partial charge on any atom is -0.380 e. The largest absolute Gasteiger partial charge is 0.380 e. The molecule has 2 aliphatic rings.